The summed E-state index contributed by atoms with van der Waals surface area (Å²) in [6.07, 6.45) is 3.87. The van der Waals surface area contributed by atoms with Gasteiger partial charge in [0.15, 0.2) is 0 Å². The molecular weight excluding hydrogens is 238 g/mol. The topological polar surface area (TPSA) is 104 Å². The third kappa shape index (κ3) is 4.69. The number of rotatable bonds is 5. The molecule has 2 amide bonds. The maximum atomic E-state index is 11.4. The normalized spacial score (nSPS) is 12.3. The van der Waals surface area contributed by atoms with Crippen LogP contribution in [0.25, 0.3) is 0 Å². The average Bonchev–Trinajstić information content (AvgIpc) is 2.71. The fourth-order valence-corrected chi connectivity index (χ4v) is 1.19. The van der Waals surface area contributed by atoms with Crippen LogP contribution in [0.5, 0.6) is 0 Å². The molecular formula is C11H15N3O4. The highest BCUT2D eigenvalue weighted by molar-refractivity contribution is 5.80. The largest absolute Gasteiger partial charge is 0.478 e. The smallest absolute Gasteiger partial charge is 0.328 e. The van der Waals surface area contributed by atoms with Crippen LogP contribution in [0.15, 0.2) is 22.8 Å². The molecule has 7 heteroatoms. The predicted octanol–water partition coefficient (Wildman–Crippen LogP) is 0.984. The molecule has 0 fully saturated rings. The molecule has 0 radical (unpaired) electrons. The molecule has 0 aromatic carbocycles. The summed E-state index contributed by atoms with van der Waals surface area (Å²) in [5.41, 5.74) is 0. The summed E-state index contributed by atoms with van der Waals surface area (Å²) in [6, 6.07) is -0.782. The van der Waals surface area contributed by atoms with Crippen LogP contribution in [0, 0.1) is 6.92 Å². The van der Waals surface area contributed by atoms with Gasteiger partial charge in [-0.25, -0.2) is 14.6 Å². The lowest BCUT2D eigenvalue weighted by atomic mass is 10.3. The second-order valence-electron chi connectivity index (χ2n) is 3.63. The summed E-state index contributed by atoms with van der Waals surface area (Å²) < 4.78 is 5.26. The van der Waals surface area contributed by atoms with Crippen LogP contribution in [0.4, 0.5) is 4.79 Å². The number of carboxylic acids is 1. The highest BCUT2D eigenvalue weighted by Gasteiger charge is 2.13. The van der Waals surface area contributed by atoms with Crippen LogP contribution in [0.1, 0.15) is 24.6 Å². The zero-order chi connectivity index (χ0) is 13.5. The molecule has 1 atom stereocenters. The number of hydrogen-bond donors (Lipinski definition) is 3. The molecule has 0 saturated carbocycles. The summed E-state index contributed by atoms with van der Waals surface area (Å²) in [5.74, 6) is 0.0352. The van der Waals surface area contributed by atoms with Gasteiger partial charge in [-0.2, -0.15) is 0 Å². The van der Waals surface area contributed by atoms with Gasteiger partial charge in [0.25, 0.3) is 0 Å². The van der Waals surface area contributed by atoms with Crippen LogP contribution in [0.3, 0.4) is 0 Å². The molecule has 98 valence electrons. The van der Waals surface area contributed by atoms with Crippen molar-refractivity contribution in [2.24, 2.45) is 0 Å². The monoisotopic (exact) mass is 253 g/mol. The first-order valence-electron chi connectivity index (χ1n) is 5.35. The number of carbonyl (C=O) groups excluding carboxylic acids is 1. The van der Waals surface area contributed by atoms with E-state index in [2.05, 4.69) is 15.6 Å². The van der Waals surface area contributed by atoms with E-state index < -0.39 is 12.0 Å². The molecule has 1 unspecified atom stereocenters. The minimum absolute atomic E-state index is 0.134. The molecule has 0 aliphatic carbocycles. The Morgan fingerprint density at radius 2 is 2.33 bits per heavy atom. The third-order valence-corrected chi connectivity index (χ3v) is 2.00. The number of carbonyl (C=O) groups is 2. The first-order chi connectivity index (χ1) is 8.49. The Labute approximate surface area is 104 Å². The molecule has 0 saturated heterocycles. The molecule has 0 bridgehead atoms. The number of carboxylic acid groups (broad SMARTS) is 1. The van der Waals surface area contributed by atoms with Gasteiger partial charge in [0.05, 0.1) is 6.20 Å². The standard InChI is InChI=1S/C11H15N3O4/c1-7-6-13-10(18-7)8(2)14-11(17)12-5-3-4-9(15)16/h3-4,6,8H,5H2,1-2H3,(H,15,16)(H2,12,14,17)/b4-3+. The van der Waals surface area contributed by atoms with Gasteiger partial charge in [0.1, 0.15) is 11.8 Å². The van der Waals surface area contributed by atoms with Crippen molar-refractivity contribution in [3.05, 3.63) is 30.0 Å². The Morgan fingerprint density at radius 3 is 2.89 bits per heavy atom. The van der Waals surface area contributed by atoms with E-state index in [9.17, 15) is 9.59 Å². The van der Waals surface area contributed by atoms with Crippen molar-refractivity contribution in [1.82, 2.24) is 15.6 Å². The molecule has 7 nitrogen and oxygen atoms in total. The molecule has 1 aromatic heterocycles. The Hall–Kier alpha value is -2.31. The van der Waals surface area contributed by atoms with Crippen molar-refractivity contribution >= 4 is 12.0 Å². The molecule has 0 aliphatic rings. The highest BCUT2D eigenvalue weighted by atomic mass is 16.4. The van der Waals surface area contributed by atoms with Crippen molar-refractivity contribution in [2.75, 3.05) is 6.54 Å². The molecule has 3 N–H and O–H groups in total. The zero-order valence-corrected chi connectivity index (χ0v) is 10.1. The Morgan fingerprint density at radius 1 is 1.61 bits per heavy atom. The Balaban J connectivity index is 2.34. The molecule has 1 rings (SSSR count). The van der Waals surface area contributed by atoms with Gasteiger partial charge in [-0.3, -0.25) is 0 Å². The van der Waals surface area contributed by atoms with Crippen LogP contribution >= 0.6 is 0 Å². The maximum Gasteiger partial charge on any atom is 0.328 e. The van der Waals surface area contributed by atoms with E-state index in [1.807, 2.05) is 0 Å². The second kappa shape index (κ2) is 6.43. The number of oxazole rings is 1. The minimum atomic E-state index is -1.05. The number of hydrogen-bond acceptors (Lipinski definition) is 4. The first-order valence-corrected chi connectivity index (χ1v) is 5.35. The number of aromatic nitrogens is 1. The van der Waals surface area contributed by atoms with Gasteiger partial charge in [0.2, 0.25) is 5.89 Å². The number of nitrogens with zero attached hydrogens (tertiary/aromatic N) is 1. The van der Waals surface area contributed by atoms with Gasteiger partial charge in [0, 0.05) is 12.6 Å². The minimum Gasteiger partial charge on any atom is -0.478 e. The number of nitrogens with one attached hydrogen (secondary N) is 2. The lowest BCUT2D eigenvalue weighted by Gasteiger charge is -2.10. The van der Waals surface area contributed by atoms with Crippen LogP contribution in [0.2, 0.25) is 0 Å². The van der Waals surface area contributed by atoms with E-state index in [1.54, 1.807) is 20.0 Å². The third-order valence-electron chi connectivity index (χ3n) is 2.00. The van der Waals surface area contributed by atoms with E-state index in [1.165, 1.54) is 6.08 Å². The molecule has 1 aromatic rings. The van der Waals surface area contributed by atoms with Crippen molar-refractivity contribution in [1.29, 1.82) is 0 Å². The first kappa shape index (κ1) is 13.8. The van der Waals surface area contributed by atoms with Crippen molar-refractivity contribution in [2.45, 2.75) is 19.9 Å². The zero-order valence-electron chi connectivity index (χ0n) is 10.1. The van der Waals surface area contributed by atoms with E-state index in [-0.39, 0.29) is 12.6 Å². The maximum absolute atomic E-state index is 11.4. The van der Waals surface area contributed by atoms with Crippen molar-refractivity contribution in [3.63, 3.8) is 0 Å². The molecule has 0 aliphatic heterocycles. The lowest BCUT2D eigenvalue weighted by molar-refractivity contribution is -0.131. The summed E-state index contributed by atoms with van der Waals surface area (Å²) in [6.45, 7) is 3.63. The second-order valence-corrected chi connectivity index (χ2v) is 3.63. The molecule has 0 spiro atoms. The average molecular weight is 253 g/mol. The van der Waals surface area contributed by atoms with E-state index >= 15 is 0 Å². The van der Waals surface area contributed by atoms with Gasteiger partial charge in [-0.1, -0.05) is 6.08 Å². The predicted molar refractivity (Wildman–Crippen MR) is 63.0 cm³/mol. The summed E-state index contributed by atoms with van der Waals surface area (Å²) in [5, 5.41) is 13.4. The fourth-order valence-electron chi connectivity index (χ4n) is 1.19. The fraction of sp³-hybridized carbons (Fsp3) is 0.364. The number of amides is 2. The quantitative estimate of drug-likeness (QED) is 0.678. The van der Waals surface area contributed by atoms with E-state index in [0.717, 1.165) is 6.08 Å². The Kier molecular flexibility index (Phi) is 4.91. The van der Waals surface area contributed by atoms with Gasteiger partial charge >= 0.3 is 12.0 Å². The Bertz CT molecular complexity index is 453. The highest BCUT2D eigenvalue weighted by Crippen LogP contribution is 2.11. The summed E-state index contributed by atoms with van der Waals surface area (Å²) >= 11 is 0. The molecule has 18 heavy (non-hydrogen) atoms. The van der Waals surface area contributed by atoms with E-state index in [0.29, 0.717) is 11.7 Å². The van der Waals surface area contributed by atoms with Crippen LogP contribution < -0.4 is 10.6 Å². The van der Waals surface area contributed by atoms with Crippen LogP contribution in [-0.2, 0) is 4.79 Å². The van der Waals surface area contributed by atoms with Gasteiger partial charge in [-0.15, -0.1) is 0 Å². The summed E-state index contributed by atoms with van der Waals surface area (Å²) in [7, 11) is 0. The van der Waals surface area contributed by atoms with Crippen molar-refractivity contribution < 1.29 is 19.1 Å². The lowest BCUT2D eigenvalue weighted by Crippen LogP contribution is -2.37. The SMILES string of the molecule is Cc1cnc(C(C)NC(=O)NC/C=C/C(=O)O)o1. The van der Waals surface area contributed by atoms with Gasteiger partial charge < -0.3 is 20.2 Å². The molecule has 1 heterocycles. The van der Waals surface area contributed by atoms with E-state index in [4.69, 9.17) is 9.52 Å². The van der Waals surface area contributed by atoms with Crippen molar-refractivity contribution in [3.8, 4) is 0 Å². The van der Waals surface area contributed by atoms with Crippen LogP contribution in [-0.4, -0.2) is 28.6 Å². The number of aryl methyl sites for hydroxylation is 1. The summed E-state index contributed by atoms with van der Waals surface area (Å²) in [4.78, 5) is 25.6. The van der Waals surface area contributed by atoms with Gasteiger partial charge in [-0.05, 0) is 13.8 Å². The number of urea groups is 1. The number of aliphatic carboxylic acids is 1.